The van der Waals surface area contributed by atoms with Crippen LogP contribution in [-0.4, -0.2) is 0 Å². The molecule has 0 N–H and O–H groups in total. The van der Waals surface area contributed by atoms with Gasteiger partial charge < -0.3 is 8.83 Å². The molecule has 0 unspecified atom stereocenters. The van der Waals surface area contributed by atoms with E-state index in [9.17, 15) is 0 Å². The molecule has 2 nitrogen and oxygen atoms in total. The molecule has 0 aliphatic heterocycles. The standard InChI is InChI=1S/C53H34O2/c1-53(2)44-26-22-32(33-20-24-42-48(30-33)54-47-27-25-41-36-14-10-11-19-46(36)55-52(41)51(42)47)28-43(44)35-23-21-34(29-45(35)53)50-39-17-8-6-15-37(39)49(31-12-4-3-5-13-31)38-16-7-9-18-40(38)50/h3-30H,1-2H3. The third-order valence-corrected chi connectivity index (χ3v) is 12.3. The third kappa shape index (κ3) is 4.25. The van der Waals surface area contributed by atoms with Crippen LogP contribution in [-0.2, 0) is 5.41 Å². The van der Waals surface area contributed by atoms with Gasteiger partial charge in [-0.15, -0.1) is 0 Å². The lowest BCUT2D eigenvalue weighted by Gasteiger charge is -2.23. The second-order valence-electron chi connectivity index (χ2n) is 15.6. The summed E-state index contributed by atoms with van der Waals surface area (Å²) in [7, 11) is 0. The Morgan fingerprint density at radius 3 is 1.69 bits per heavy atom. The van der Waals surface area contributed by atoms with E-state index in [2.05, 4.69) is 172 Å². The van der Waals surface area contributed by atoms with Gasteiger partial charge in [0.1, 0.15) is 22.3 Å². The maximum atomic E-state index is 6.49. The van der Waals surface area contributed by atoms with Gasteiger partial charge in [0, 0.05) is 21.6 Å². The van der Waals surface area contributed by atoms with E-state index in [1.54, 1.807) is 0 Å². The Kier molecular flexibility index (Phi) is 6.15. The summed E-state index contributed by atoms with van der Waals surface area (Å²) in [5.41, 5.74) is 16.0. The normalized spacial score (nSPS) is 13.4. The molecule has 0 amide bonds. The Morgan fingerprint density at radius 1 is 0.345 bits per heavy atom. The number of hydrogen-bond acceptors (Lipinski definition) is 2. The maximum absolute atomic E-state index is 6.49. The zero-order valence-corrected chi connectivity index (χ0v) is 30.5. The fraction of sp³-hybridized carbons (Fsp3) is 0.0566. The zero-order chi connectivity index (χ0) is 36.4. The van der Waals surface area contributed by atoms with Crippen LogP contribution in [0.5, 0.6) is 0 Å². The molecule has 12 rings (SSSR count). The fourth-order valence-electron chi connectivity index (χ4n) is 9.67. The van der Waals surface area contributed by atoms with Crippen molar-refractivity contribution in [2.75, 3.05) is 0 Å². The highest BCUT2D eigenvalue weighted by molar-refractivity contribution is 6.23. The van der Waals surface area contributed by atoms with Crippen molar-refractivity contribution < 1.29 is 8.83 Å². The predicted molar refractivity (Wildman–Crippen MR) is 230 cm³/mol. The van der Waals surface area contributed by atoms with E-state index >= 15 is 0 Å². The van der Waals surface area contributed by atoms with Crippen LogP contribution in [0.4, 0.5) is 0 Å². The topological polar surface area (TPSA) is 26.3 Å². The lowest BCUT2D eigenvalue weighted by atomic mass is 9.80. The molecule has 0 bridgehead atoms. The van der Waals surface area contributed by atoms with Gasteiger partial charge in [0.25, 0.3) is 0 Å². The molecule has 0 saturated heterocycles. The molecule has 11 aromatic rings. The lowest BCUT2D eigenvalue weighted by Crippen LogP contribution is -2.15. The Balaban J connectivity index is 0.996. The van der Waals surface area contributed by atoms with Crippen molar-refractivity contribution in [1.29, 1.82) is 0 Å². The summed E-state index contributed by atoms with van der Waals surface area (Å²) >= 11 is 0. The molecule has 1 aliphatic rings. The van der Waals surface area contributed by atoms with Gasteiger partial charge in [-0.3, -0.25) is 0 Å². The van der Waals surface area contributed by atoms with Crippen LogP contribution in [0.25, 0.3) is 110 Å². The Labute approximate surface area is 317 Å². The van der Waals surface area contributed by atoms with Gasteiger partial charge in [-0.25, -0.2) is 0 Å². The average Bonchev–Trinajstić information content (AvgIpc) is 3.87. The molecule has 9 aromatic carbocycles. The van der Waals surface area contributed by atoms with Crippen molar-refractivity contribution in [2.45, 2.75) is 19.3 Å². The quantitative estimate of drug-likeness (QED) is 0.171. The Morgan fingerprint density at radius 2 is 0.945 bits per heavy atom. The first-order valence-electron chi connectivity index (χ1n) is 19.1. The number of rotatable bonds is 3. The summed E-state index contributed by atoms with van der Waals surface area (Å²) in [6, 6.07) is 61.8. The summed E-state index contributed by atoms with van der Waals surface area (Å²) in [4.78, 5) is 0. The van der Waals surface area contributed by atoms with Crippen LogP contribution < -0.4 is 0 Å². The highest BCUT2D eigenvalue weighted by Gasteiger charge is 2.36. The molecule has 0 saturated carbocycles. The van der Waals surface area contributed by atoms with Crippen LogP contribution in [0.15, 0.2) is 179 Å². The van der Waals surface area contributed by atoms with E-state index in [-0.39, 0.29) is 5.41 Å². The molecule has 2 heteroatoms. The second kappa shape index (κ2) is 11.1. The van der Waals surface area contributed by atoms with Gasteiger partial charge in [0.05, 0.1) is 5.39 Å². The van der Waals surface area contributed by atoms with Crippen LogP contribution in [0, 0.1) is 0 Å². The number of benzene rings is 9. The van der Waals surface area contributed by atoms with Crippen molar-refractivity contribution in [3.8, 4) is 44.5 Å². The van der Waals surface area contributed by atoms with Crippen molar-refractivity contribution in [1.82, 2.24) is 0 Å². The molecule has 0 spiro atoms. The van der Waals surface area contributed by atoms with E-state index < -0.39 is 0 Å². The van der Waals surface area contributed by atoms with Crippen molar-refractivity contribution in [3.05, 3.63) is 181 Å². The summed E-state index contributed by atoms with van der Waals surface area (Å²) in [5.74, 6) is 0. The molecular weight excluding hydrogens is 669 g/mol. The van der Waals surface area contributed by atoms with E-state index in [1.165, 1.54) is 71.6 Å². The van der Waals surface area contributed by atoms with Crippen molar-refractivity contribution in [2.24, 2.45) is 0 Å². The van der Waals surface area contributed by atoms with Gasteiger partial charge in [-0.2, -0.15) is 0 Å². The van der Waals surface area contributed by atoms with Gasteiger partial charge >= 0.3 is 0 Å². The fourth-order valence-corrected chi connectivity index (χ4v) is 9.67. The molecule has 0 fully saturated rings. The number of para-hydroxylation sites is 1. The predicted octanol–water partition coefficient (Wildman–Crippen LogP) is 15.1. The second-order valence-corrected chi connectivity index (χ2v) is 15.6. The first-order valence-corrected chi connectivity index (χ1v) is 19.1. The molecule has 1 aliphatic carbocycles. The minimum atomic E-state index is -0.157. The summed E-state index contributed by atoms with van der Waals surface area (Å²) in [6.07, 6.45) is 0. The first kappa shape index (κ1) is 30.6. The lowest BCUT2D eigenvalue weighted by molar-refractivity contribution is 0.660. The average molecular weight is 703 g/mol. The zero-order valence-electron chi connectivity index (χ0n) is 30.5. The minimum Gasteiger partial charge on any atom is -0.456 e. The van der Waals surface area contributed by atoms with Gasteiger partial charge in [-0.05, 0) is 120 Å². The molecule has 0 radical (unpaired) electrons. The van der Waals surface area contributed by atoms with E-state index in [0.717, 1.165) is 49.4 Å². The van der Waals surface area contributed by atoms with Crippen LogP contribution in [0.2, 0.25) is 0 Å². The highest BCUT2D eigenvalue weighted by atomic mass is 16.3. The van der Waals surface area contributed by atoms with E-state index in [1.807, 2.05) is 12.1 Å². The molecular formula is C53H34O2. The van der Waals surface area contributed by atoms with Crippen LogP contribution in [0.3, 0.4) is 0 Å². The smallest absolute Gasteiger partial charge is 0.147 e. The molecule has 55 heavy (non-hydrogen) atoms. The molecule has 2 heterocycles. The Hall–Kier alpha value is -6.90. The van der Waals surface area contributed by atoms with Crippen molar-refractivity contribution in [3.63, 3.8) is 0 Å². The summed E-state index contributed by atoms with van der Waals surface area (Å²) in [6.45, 7) is 4.74. The first-order chi connectivity index (χ1) is 27.0. The minimum absolute atomic E-state index is 0.157. The summed E-state index contributed by atoms with van der Waals surface area (Å²) in [5, 5.41) is 9.45. The molecule has 2 aromatic heterocycles. The number of fused-ring (bicyclic) bond motifs is 12. The van der Waals surface area contributed by atoms with Crippen molar-refractivity contribution >= 4 is 65.4 Å². The Bertz CT molecular complexity index is 3340. The molecule has 258 valence electrons. The number of hydrogen-bond donors (Lipinski definition) is 0. The SMILES string of the molecule is CC1(C)c2ccc(-c3ccc4c(c3)oc3ccc5c6ccccc6oc5c34)cc2-c2ccc(-c3c4ccccc4c(-c4ccccc4)c4ccccc34)cc21. The van der Waals surface area contributed by atoms with Crippen LogP contribution in [0.1, 0.15) is 25.0 Å². The van der Waals surface area contributed by atoms with E-state index in [4.69, 9.17) is 8.83 Å². The van der Waals surface area contributed by atoms with Gasteiger partial charge in [-0.1, -0.05) is 141 Å². The number of furan rings is 2. The monoisotopic (exact) mass is 702 g/mol. The van der Waals surface area contributed by atoms with E-state index in [0.29, 0.717) is 0 Å². The van der Waals surface area contributed by atoms with Crippen LogP contribution >= 0.6 is 0 Å². The maximum Gasteiger partial charge on any atom is 0.147 e. The van der Waals surface area contributed by atoms with Gasteiger partial charge in [0.15, 0.2) is 0 Å². The third-order valence-electron chi connectivity index (χ3n) is 12.3. The summed E-state index contributed by atoms with van der Waals surface area (Å²) < 4.78 is 12.9. The van der Waals surface area contributed by atoms with Gasteiger partial charge in [0.2, 0.25) is 0 Å². The molecule has 0 atom stereocenters. The largest absolute Gasteiger partial charge is 0.456 e. The highest BCUT2D eigenvalue weighted by Crippen LogP contribution is 2.52.